The Balaban J connectivity index is 1.68. The van der Waals surface area contributed by atoms with Crippen molar-refractivity contribution < 1.29 is 4.79 Å². The third kappa shape index (κ3) is 3.85. The molecule has 1 saturated carbocycles. The number of benzene rings is 1. The summed E-state index contributed by atoms with van der Waals surface area (Å²) >= 11 is 3.42. The third-order valence-electron chi connectivity index (χ3n) is 2.50. The van der Waals surface area contributed by atoms with Crippen LogP contribution in [0.15, 0.2) is 28.7 Å². The number of rotatable bonds is 4. The molecule has 0 bridgehead atoms. The van der Waals surface area contributed by atoms with Crippen molar-refractivity contribution in [3.8, 4) is 0 Å². The minimum absolute atomic E-state index is 0.0440. The summed E-state index contributed by atoms with van der Waals surface area (Å²) in [5.74, 6) is 0. The van der Waals surface area contributed by atoms with Gasteiger partial charge in [-0.15, -0.1) is 0 Å². The number of carbonyl (C=O) groups excluding carboxylic acids is 1. The topological polar surface area (TPSA) is 41.1 Å². The number of nitrogens with one attached hydrogen (secondary N) is 2. The predicted molar refractivity (Wildman–Crippen MR) is 67.4 cm³/mol. The molecule has 16 heavy (non-hydrogen) atoms. The molecule has 2 amide bonds. The van der Waals surface area contributed by atoms with Gasteiger partial charge in [0.15, 0.2) is 0 Å². The van der Waals surface area contributed by atoms with Gasteiger partial charge in [-0.25, -0.2) is 4.79 Å². The highest BCUT2D eigenvalue weighted by Crippen LogP contribution is 2.18. The Hall–Kier alpha value is -1.03. The summed E-state index contributed by atoms with van der Waals surface area (Å²) in [6, 6.07) is 8.51. The second kappa shape index (κ2) is 5.34. The normalized spacial score (nSPS) is 14.6. The molecule has 0 saturated heterocycles. The summed E-state index contributed by atoms with van der Waals surface area (Å²) in [6.07, 6.45) is 3.11. The van der Waals surface area contributed by atoms with Crippen LogP contribution < -0.4 is 10.6 Å². The zero-order valence-electron chi connectivity index (χ0n) is 9.00. The number of halogens is 1. The van der Waals surface area contributed by atoms with Crippen LogP contribution >= 0.6 is 15.9 Å². The van der Waals surface area contributed by atoms with Crippen molar-refractivity contribution in [3.63, 3.8) is 0 Å². The first-order chi connectivity index (χ1) is 7.74. The molecule has 1 aromatic carbocycles. The molecule has 0 heterocycles. The zero-order valence-corrected chi connectivity index (χ0v) is 10.6. The number of amides is 2. The summed E-state index contributed by atoms with van der Waals surface area (Å²) in [4.78, 5) is 11.3. The molecular weight excluding hydrogens is 268 g/mol. The lowest BCUT2D eigenvalue weighted by Gasteiger charge is -2.06. The monoisotopic (exact) mass is 282 g/mol. The van der Waals surface area contributed by atoms with E-state index in [-0.39, 0.29) is 6.03 Å². The van der Waals surface area contributed by atoms with Gasteiger partial charge >= 0.3 is 6.03 Å². The van der Waals surface area contributed by atoms with Crippen LogP contribution in [0.5, 0.6) is 0 Å². The molecule has 4 heteroatoms. The zero-order chi connectivity index (χ0) is 11.4. The van der Waals surface area contributed by atoms with E-state index < -0.39 is 0 Å². The largest absolute Gasteiger partial charge is 0.338 e. The molecule has 86 valence electrons. The number of hydrogen-bond acceptors (Lipinski definition) is 1. The summed E-state index contributed by atoms with van der Waals surface area (Å²) in [5, 5.41) is 5.75. The lowest BCUT2D eigenvalue weighted by Crippen LogP contribution is -2.37. The van der Waals surface area contributed by atoms with Crippen LogP contribution in [0.4, 0.5) is 4.79 Å². The van der Waals surface area contributed by atoms with E-state index in [1.807, 2.05) is 12.1 Å². The van der Waals surface area contributed by atoms with E-state index in [1.54, 1.807) is 0 Å². The van der Waals surface area contributed by atoms with Crippen LogP contribution in [0.3, 0.4) is 0 Å². The summed E-state index contributed by atoms with van der Waals surface area (Å²) < 4.78 is 1.08. The van der Waals surface area contributed by atoms with E-state index in [4.69, 9.17) is 0 Å². The maximum absolute atomic E-state index is 11.3. The molecule has 0 atom stereocenters. The number of carbonyl (C=O) groups is 1. The van der Waals surface area contributed by atoms with E-state index in [0.717, 1.165) is 23.7 Å². The standard InChI is InChI=1S/C12H15BrN2O/c13-10-3-1-2-9(8-10)6-7-14-12(16)15-11-4-5-11/h1-3,8,11H,4-7H2,(H2,14,15,16). The number of urea groups is 1. The van der Waals surface area contributed by atoms with Crippen LogP contribution in [0.25, 0.3) is 0 Å². The SMILES string of the molecule is O=C(NCCc1cccc(Br)c1)NC1CC1. The summed E-state index contributed by atoms with van der Waals surface area (Å²) in [6.45, 7) is 0.676. The Bertz CT molecular complexity index is 377. The molecule has 0 aromatic heterocycles. The van der Waals surface area contributed by atoms with Gasteiger partial charge in [-0.2, -0.15) is 0 Å². The first-order valence-electron chi connectivity index (χ1n) is 5.53. The molecular formula is C12H15BrN2O. The van der Waals surface area contributed by atoms with Gasteiger partial charge in [-0.1, -0.05) is 28.1 Å². The lowest BCUT2D eigenvalue weighted by molar-refractivity contribution is 0.240. The average molecular weight is 283 g/mol. The fourth-order valence-corrected chi connectivity index (χ4v) is 1.92. The van der Waals surface area contributed by atoms with E-state index in [1.165, 1.54) is 5.56 Å². The molecule has 1 fully saturated rings. The molecule has 0 aliphatic heterocycles. The molecule has 0 spiro atoms. The smallest absolute Gasteiger partial charge is 0.315 e. The second-order valence-electron chi connectivity index (χ2n) is 4.05. The predicted octanol–water partition coefficient (Wildman–Crippen LogP) is 2.45. The number of hydrogen-bond donors (Lipinski definition) is 2. The summed E-state index contributed by atoms with van der Waals surface area (Å²) in [7, 11) is 0. The van der Waals surface area contributed by atoms with E-state index in [0.29, 0.717) is 12.6 Å². The molecule has 1 aliphatic rings. The molecule has 1 aromatic rings. The van der Waals surface area contributed by atoms with Gasteiger partial charge in [0.2, 0.25) is 0 Å². The van der Waals surface area contributed by atoms with Gasteiger partial charge in [-0.3, -0.25) is 0 Å². The Morgan fingerprint density at radius 3 is 2.94 bits per heavy atom. The molecule has 1 aliphatic carbocycles. The first-order valence-corrected chi connectivity index (χ1v) is 6.32. The van der Waals surface area contributed by atoms with Crippen LogP contribution in [0.2, 0.25) is 0 Å². The first kappa shape index (κ1) is 11.5. The minimum Gasteiger partial charge on any atom is -0.338 e. The highest BCUT2D eigenvalue weighted by Gasteiger charge is 2.22. The van der Waals surface area contributed by atoms with E-state index in [9.17, 15) is 4.79 Å². The van der Waals surface area contributed by atoms with Gasteiger partial charge in [0.05, 0.1) is 0 Å². The van der Waals surface area contributed by atoms with Crippen LogP contribution in [-0.2, 0) is 6.42 Å². The van der Waals surface area contributed by atoms with Crippen molar-refractivity contribution in [1.29, 1.82) is 0 Å². The average Bonchev–Trinajstić information content (AvgIpc) is 3.02. The van der Waals surface area contributed by atoms with E-state index >= 15 is 0 Å². The Kier molecular flexibility index (Phi) is 3.83. The fraction of sp³-hybridized carbons (Fsp3) is 0.417. The maximum atomic E-state index is 11.3. The third-order valence-corrected chi connectivity index (χ3v) is 2.99. The Labute approximate surface area is 104 Å². The van der Waals surface area contributed by atoms with Gasteiger partial charge in [0.1, 0.15) is 0 Å². The lowest BCUT2D eigenvalue weighted by atomic mass is 10.1. The minimum atomic E-state index is -0.0440. The van der Waals surface area contributed by atoms with Crippen molar-refractivity contribution in [1.82, 2.24) is 10.6 Å². The quantitative estimate of drug-likeness (QED) is 0.875. The highest BCUT2D eigenvalue weighted by molar-refractivity contribution is 9.10. The van der Waals surface area contributed by atoms with Crippen LogP contribution in [0, 0.1) is 0 Å². The van der Waals surface area contributed by atoms with Crippen LogP contribution in [-0.4, -0.2) is 18.6 Å². The van der Waals surface area contributed by atoms with Crippen molar-refractivity contribution >= 4 is 22.0 Å². The molecule has 0 radical (unpaired) electrons. The van der Waals surface area contributed by atoms with Crippen LogP contribution in [0.1, 0.15) is 18.4 Å². The molecule has 0 unspecified atom stereocenters. The van der Waals surface area contributed by atoms with Gasteiger partial charge < -0.3 is 10.6 Å². The van der Waals surface area contributed by atoms with Crippen molar-refractivity contribution in [3.05, 3.63) is 34.3 Å². The maximum Gasteiger partial charge on any atom is 0.315 e. The van der Waals surface area contributed by atoms with Crippen molar-refractivity contribution in [2.45, 2.75) is 25.3 Å². The second-order valence-corrected chi connectivity index (χ2v) is 4.97. The Morgan fingerprint density at radius 2 is 2.25 bits per heavy atom. The molecule has 2 rings (SSSR count). The van der Waals surface area contributed by atoms with E-state index in [2.05, 4.69) is 38.7 Å². The van der Waals surface area contributed by atoms with Gasteiger partial charge in [0.25, 0.3) is 0 Å². The van der Waals surface area contributed by atoms with Gasteiger partial charge in [0, 0.05) is 17.1 Å². The Morgan fingerprint density at radius 1 is 1.44 bits per heavy atom. The van der Waals surface area contributed by atoms with Crippen molar-refractivity contribution in [2.24, 2.45) is 0 Å². The highest BCUT2D eigenvalue weighted by atomic mass is 79.9. The fourth-order valence-electron chi connectivity index (χ4n) is 1.48. The van der Waals surface area contributed by atoms with Crippen molar-refractivity contribution in [2.75, 3.05) is 6.54 Å². The molecule has 2 N–H and O–H groups in total. The molecule has 3 nitrogen and oxygen atoms in total. The summed E-state index contributed by atoms with van der Waals surface area (Å²) in [5.41, 5.74) is 1.22. The van der Waals surface area contributed by atoms with Gasteiger partial charge in [-0.05, 0) is 37.0 Å².